The van der Waals surface area contributed by atoms with Crippen molar-refractivity contribution >= 4 is 46.4 Å². The van der Waals surface area contributed by atoms with Crippen molar-refractivity contribution in [2.45, 2.75) is 25.8 Å². The number of halogens is 1. The number of nitrogens with zero attached hydrogens (tertiary/aromatic N) is 4. The van der Waals surface area contributed by atoms with Crippen molar-refractivity contribution in [3.05, 3.63) is 47.0 Å². The number of guanidine groups is 1. The Hall–Kier alpha value is -1.35. The zero-order chi connectivity index (χ0) is 18.5. The Morgan fingerprint density at radius 1 is 1.33 bits per heavy atom. The lowest BCUT2D eigenvalue weighted by Gasteiger charge is -2.38. The lowest BCUT2D eigenvalue weighted by molar-refractivity contribution is 0.234. The molecule has 0 bridgehead atoms. The number of nitrogens with one attached hydrogen (secondary N) is 1. The minimum absolute atomic E-state index is 0. The molecular formula is C20H30IN5S. The van der Waals surface area contributed by atoms with Crippen LogP contribution in [0.3, 0.4) is 0 Å². The van der Waals surface area contributed by atoms with Gasteiger partial charge in [-0.1, -0.05) is 37.3 Å². The first kappa shape index (κ1) is 21.9. The minimum Gasteiger partial charge on any atom is -0.354 e. The maximum Gasteiger partial charge on any atom is 0.193 e. The molecule has 1 fully saturated rings. The highest BCUT2D eigenvalue weighted by molar-refractivity contribution is 14.0. The number of anilines is 1. The summed E-state index contributed by atoms with van der Waals surface area (Å²) in [7, 11) is 5.91. The van der Waals surface area contributed by atoms with E-state index in [0.29, 0.717) is 18.4 Å². The van der Waals surface area contributed by atoms with Crippen molar-refractivity contribution in [1.82, 2.24) is 15.2 Å². The van der Waals surface area contributed by atoms with Gasteiger partial charge in [-0.05, 0) is 23.8 Å². The summed E-state index contributed by atoms with van der Waals surface area (Å²) in [6.07, 6.45) is 1.16. The summed E-state index contributed by atoms with van der Waals surface area (Å²) in [4.78, 5) is 13.6. The third-order valence-corrected chi connectivity index (χ3v) is 6.05. The Bertz CT molecular complexity index is 731. The number of piperidine rings is 1. The zero-order valence-electron chi connectivity index (χ0n) is 16.6. The fourth-order valence-corrected chi connectivity index (χ4v) is 4.38. The monoisotopic (exact) mass is 499 g/mol. The van der Waals surface area contributed by atoms with Crippen molar-refractivity contribution < 1.29 is 0 Å². The van der Waals surface area contributed by atoms with E-state index in [1.165, 1.54) is 5.56 Å². The van der Waals surface area contributed by atoms with E-state index in [0.717, 1.165) is 36.3 Å². The molecule has 1 aliphatic rings. The van der Waals surface area contributed by atoms with Gasteiger partial charge in [-0.3, -0.25) is 4.99 Å². The van der Waals surface area contributed by atoms with E-state index in [4.69, 9.17) is 0 Å². The number of hydrogen-bond acceptors (Lipinski definition) is 4. The third kappa shape index (κ3) is 5.57. The Kier molecular flexibility index (Phi) is 8.34. The molecule has 1 aliphatic heterocycles. The molecule has 1 aromatic heterocycles. The van der Waals surface area contributed by atoms with E-state index in [9.17, 15) is 0 Å². The second-order valence-corrected chi connectivity index (χ2v) is 7.98. The number of aromatic nitrogens is 1. The predicted molar refractivity (Wildman–Crippen MR) is 127 cm³/mol. The highest BCUT2D eigenvalue weighted by Gasteiger charge is 2.28. The SMILES string of the molecule is CN=C(NCc1csc(N(C)C)n1)N1CCC(c2ccccc2)C(C)C1.I. The summed E-state index contributed by atoms with van der Waals surface area (Å²) in [5, 5.41) is 6.63. The topological polar surface area (TPSA) is 43.8 Å². The second kappa shape index (κ2) is 10.3. The highest BCUT2D eigenvalue weighted by Crippen LogP contribution is 2.32. The number of aliphatic imine (C=N–C) groups is 1. The molecule has 0 radical (unpaired) electrons. The van der Waals surface area contributed by atoms with Crippen molar-refractivity contribution in [2.24, 2.45) is 10.9 Å². The normalized spacial score (nSPS) is 20.1. The van der Waals surface area contributed by atoms with Gasteiger partial charge in [0.25, 0.3) is 0 Å². The standard InChI is InChI=1S/C20H29N5S.HI/c1-15-13-25(11-10-18(15)16-8-6-5-7-9-16)19(21-2)22-12-17-14-26-20(23-17)24(3)4;/h5-9,14-15,18H,10-13H2,1-4H3,(H,21,22);1H. The van der Waals surface area contributed by atoms with Crippen LogP contribution in [0.5, 0.6) is 0 Å². The molecule has 2 atom stereocenters. The van der Waals surface area contributed by atoms with E-state index in [1.807, 2.05) is 26.0 Å². The van der Waals surface area contributed by atoms with Gasteiger partial charge in [0.15, 0.2) is 11.1 Å². The van der Waals surface area contributed by atoms with Crippen LogP contribution >= 0.6 is 35.3 Å². The molecule has 5 nitrogen and oxygen atoms in total. The molecule has 27 heavy (non-hydrogen) atoms. The van der Waals surface area contributed by atoms with Gasteiger partial charge in [-0.15, -0.1) is 35.3 Å². The summed E-state index contributed by atoms with van der Waals surface area (Å²) in [5.41, 5.74) is 2.52. The van der Waals surface area contributed by atoms with Gasteiger partial charge >= 0.3 is 0 Å². The molecule has 2 heterocycles. The second-order valence-electron chi connectivity index (χ2n) is 7.15. The minimum atomic E-state index is 0. The molecule has 0 saturated carbocycles. The average Bonchev–Trinajstić information content (AvgIpc) is 3.12. The molecule has 1 N–H and O–H groups in total. The summed E-state index contributed by atoms with van der Waals surface area (Å²) < 4.78 is 0. The molecule has 0 amide bonds. The van der Waals surface area contributed by atoms with E-state index in [-0.39, 0.29) is 24.0 Å². The Morgan fingerprint density at radius 2 is 2.07 bits per heavy atom. The van der Waals surface area contributed by atoms with E-state index in [2.05, 4.69) is 62.8 Å². The number of hydrogen-bond donors (Lipinski definition) is 1. The van der Waals surface area contributed by atoms with Crippen molar-refractivity contribution in [3.8, 4) is 0 Å². The number of rotatable bonds is 4. The van der Waals surface area contributed by atoms with Gasteiger partial charge in [0.1, 0.15) is 0 Å². The first-order valence-electron chi connectivity index (χ1n) is 9.20. The number of benzene rings is 1. The Balaban J connectivity index is 0.00000261. The predicted octanol–water partition coefficient (Wildman–Crippen LogP) is 4.03. The molecule has 2 aromatic rings. The average molecular weight is 499 g/mol. The molecule has 0 aliphatic carbocycles. The molecule has 1 saturated heterocycles. The lowest BCUT2D eigenvalue weighted by Crippen LogP contribution is -2.47. The molecule has 1 aromatic carbocycles. The van der Waals surface area contributed by atoms with Crippen LogP contribution in [0.1, 0.15) is 30.5 Å². The number of thiazole rings is 1. The van der Waals surface area contributed by atoms with Crippen LogP contribution in [0.25, 0.3) is 0 Å². The third-order valence-electron chi connectivity index (χ3n) is 4.99. The maximum atomic E-state index is 4.64. The molecule has 7 heteroatoms. The fourth-order valence-electron chi connectivity index (χ4n) is 3.62. The Morgan fingerprint density at radius 3 is 2.67 bits per heavy atom. The van der Waals surface area contributed by atoms with Crippen LogP contribution in [0.4, 0.5) is 5.13 Å². The van der Waals surface area contributed by atoms with Gasteiger partial charge in [0, 0.05) is 39.6 Å². The summed E-state index contributed by atoms with van der Waals surface area (Å²) in [5.74, 6) is 2.21. The zero-order valence-corrected chi connectivity index (χ0v) is 19.7. The molecule has 2 unspecified atom stereocenters. The van der Waals surface area contributed by atoms with Gasteiger partial charge in [0.2, 0.25) is 0 Å². The Labute approximate surface area is 183 Å². The first-order valence-corrected chi connectivity index (χ1v) is 10.1. The fraction of sp³-hybridized carbons (Fsp3) is 0.500. The van der Waals surface area contributed by atoms with Crippen LogP contribution in [0.15, 0.2) is 40.7 Å². The van der Waals surface area contributed by atoms with Gasteiger partial charge in [-0.25, -0.2) is 4.98 Å². The van der Waals surface area contributed by atoms with Crippen LogP contribution in [-0.2, 0) is 6.54 Å². The summed E-state index contributed by atoms with van der Waals surface area (Å²) >= 11 is 1.67. The van der Waals surface area contributed by atoms with Crippen LogP contribution < -0.4 is 10.2 Å². The van der Waals surface area contributed by atoms with Gasteiger partial charge < -0.3 is 15.1 Å². The maximum absolute atomic E-state index is 4.64. The van der Waals surface area contributed by atoms with Gasteiger partial charge in [-0.2, -0.15) is 0 Å². The lowest BCUT2D eigenvalue weighted by atomic mass is 9.82. The van der Waals surface area contributed by atoms with E-state index >= 15 is 0 Å². The van der Waals surface area contributed by atoms with Crippen molar-refractivity contribution in [3.63, 3.8) is 0 Å². The van der Waals surface area contributed by atoms with Crippen LogP contribution in [0.2, 0.25) is 0 Å². The smallest absolute Gasteiger partial charge is 0.193 e. The largest absolute Gasteiger partial charge is 0.354 e. The first-order chi connectivity index (χ1) is 12.6. The van der Waals surface area contributed by atoms with Crippen molar-refractivity contribution in [1.29, 1.82) is 0 Å². The quantitative estimate of drug-likeness (QED) is 0.392. The molecule has 148 valence electrons. The van der Waals surface area contributed by atoms with Crippen molar-refractivity contribution in [2.75, 3.05) is 39.1 Å². The molecule has 0 spiro atoms. The van der Waals surface area contributed by atoms with Gasteiger partial charge in [0.05, 0.1) is 12.2 Å². The number of likely N-dealkylation sites (tertiary alicyclic amines) is 1. The van der Waals surface area contributed by atoms with Crippen LogP contribution in [0, 0.1) is 5.92 Å². The van der Waals surface area contributed by atoms with E-state index in [1.54, 1.807) is 11.3 Å². The van der Waals surface area contributed by atoms with E-state index < -0.39 is 0 Å². The highest BCUT2D eigenvalue weighted by atomic mass is 127. The molecule has 3 rings (SSSR count). The molecular weight excluding hydrogens is 469 g/mol. The summed E-state index contributed by atoms with van der Waals surface area (Å²) in [6.45, 7) is 5.12. The summed E-state index contributed by atoms with van der Waals surface area (Å²) in [6, 6.07) is 10.9. The van der Waals surface area contributed by atoms with Crippen LogP contribution in [-0.4, -0.2) is 50.1 Å².